The number of rotatable bonds is 4. The molecule has 4 nitrogen and oxygen atoms in total. The Balaban J connectivity index is -0.0000000498. The third-order valence-electron chi connectivity index (χ3n) is 0.934. The fourth-order valence-electron chi connectivity index (χ4n) is 0.699. The molecule has 0 amide bonds. The summed E-state index contributed by atoms with van der Waals surface area (Å²) in [4.78, 5) is 0. The molecule has 0 bridgehead atoms. The van der Waals surface area contributed by atoms with Gasteiger partial charge >= 0.3 is 33.9 Å². The van der Waals surface area contributed by atoms with Gasteiger partial charge in [-0.05, 0) is 32.1 Å². The molecule has 0 aliphatic heterocycles. The van der Waals surface area contributed by atoms with Crippen molar-refractivity contribution in [3.05, 3.63) is 45.1 Å². The minimum absolute atomic E-state index is 0. The second-order valence-electron chi connectivity index (χ2n) is 2.15. The van der Waals surface area contributed by atoms with Crippen molar-refractivity contribution in [1.29, 1.82) is 0 Å². The largest absolute Gasteiger partial charge is 0 e. The van der Waals surface area contributed by atoms with Crippen molar-refractivity contribution in [2.24, 2.45) is 0 Å². The Hall–Kier alpha value is -0.301. The van der Waals surface area contributed by atoms with Crippen LogP contribution >= 0.6 is 0 Å². The van der Waals surface area contributed by atoms with Gasteiger partial charge in [0.25, 0.3) is 0 Å². The Morgan fingerprint density at radius 3 is 1.62 bits per heavy atom. The average Bonchev–Trinajstić information content (AvgIpc) is 2.26. The van der Waals surface area contributed by atoms with E-state index < -0.39 is 0 Å². The van der Waals surface area contributed by atoms with Crippen molar-refractivity contribution in [3.63, 3.8) is 0 Å². The van der Waals surface area contributed by atoms with Crippen LogP contribution in [-0.2, 0) is 31.0 Å². The molecule has 5 heteroatoms. The molecule has 0 unspecified atom stereocenters. The molecule has 16 heavy (non-hydrogen) atoms. The van der Waals surface area contributed by atoms with Gasteiger partial charge in [0.05, 0.1) is 6.10 Å². The van der Waals surface area contributed by atoms with Gasteiger partial charge in [0.15, 0.2) is 0 Å². The van der Waals surface area contributed by atoms with Crippen molar-refractivity contribution in [1.82, 2.24) is 0 Å². The van der Waals surface area contributed by atoms with Gasteiger partial charge in [-0.25, -0.2) is 0 Å². The first-order valence-corrected chi connectivity index (χ1v) is 3.77. The Bertz CT molecular complexity index is 138. The van der Waals surface area contributed by atoms with E-state index in [0.29, 0.717) is 0 Å². The van der Waals surface area contributed by atoms with Gasteiger partial charge in [0, 0.05) is 17.1 Å². The first-order chi connectivity index (χ1) is 7.16. The van der Waals surface area contributed by atoms with Crippen molar-refractivity contribution in [3.8, 4) is 0 Å². The number of hydrogen-bond donors (Lipinski definition) is 1. The molecule has 0 spiro atoms. The van der Waals surface area contributed by atoms with Gasteiger partial charge in [0.2, 0.25) is 0 Å². The van der Waals surface area contributed by atoms with E-state index in [1.54, 1.807) is 13.3 Å². The van der Waals surface area contributed by atoms with Crippen LogP contribution in [0.25, 0.3) is 0 Å². The van der Waals surface area contributed by atoms with E-state index >= 15 is 0 Å². The molecule has 0 aliphatic rings. The van der Waals surface area contributed by atoms with Gasteiger partial charge in [-0.3, -0.25) is 0 Å². The summed E-state index contributed by atoms with van der Waals surface area (Å²) in [6.07, 6.45) is 5.39. The fraction of sp³-hybridized carbons (Fsp3) is 0.364. The minimum atomic E-state index is -0.332. The van der Waals surface area contributed by atoms with Gasteiger partial charge in [-0.1, -0.05) is 13.8 Å². The molecular formula is C11H14FeO4. The van der Waals surface area contributed by atoms with Crippen LogP contribution in [0.5, 0.6) is 0 Å². The summed E-state index contributed by atoms with van der Waals surface area (Å²) in [6, 6.07) is 0. The third kappa shape index (κ3) is 49.2. The summed E-state index contributed by atoms with van der Waals surface area (Å²) in [5.41, 5.74) is 0. The molecule has 0 fully saturated rings. The molecule has 0 rings (SSSR count). The standard InChI is InChI=1S/C8H14O.3CO.Fe/c1-4-5-7(2)6-8(3)9;3*1-2;/h4-6,8-9H,1-3H3;;;;/t8-;;;;/m1..../s1. The van der Waals surface area contributed by atoms with Crippen molar-refractivity contribution in [2.75, 3.05) is 0 Å². The van der Waals surface area contributed by atoms with Crippen LogP contribution in [0, 0.1) is 45.1 Å². The summed E-state index contributed by atoms with van der Waals surface area (Å²) in [5, 5.41) is 8.84. The summed E-state index contributed by atoms with van der Waals surface area (Å²) in [7, 11) is 0. The van der Waals surface area contributed by atoms with Gasteiger partial charge in [-0.2, -0.15) is 0 Å². The van der Waals surface area contributed by atoms with Gasteiger partial charge < -0.3 is 5.11 Å². The second-order valence-corrected chi connectivity index (χ2v) is 2.15. The van der Waals surface area contributed by atoms with Gasteiger partial charge in [0.1, 0.15) is 0 Å². The molecule has 0 aliphatic carbocycles. The molecule has 4 radical (unpaired) electrons. The normalized spacial score (nSPS) is 8.44. The molecule has 0 aromatic carbocycles. The van der Waals surface area contributed by atoms with Crippen LogP contribution in [-0.4, -0.2) is 11.2 Å². The van der Waals surface area contributed by atoms with Crippen LogP contribution < -0.4 is 0 Å². The smallest absolute Gasteiger partial charge is 0 e. The first-order valence-electron chi connectivity index (χ1n) is 3.77. The van der Waals surface area contributed by atoms with Crippen LogP contribution in [0.3, 0.4) is 0 Å². The molecular weight excluding hydrogens is 252 g/mol. The molecule has 1 N–H and O–H groups in total. The molecule has 90 valence electrons. The Morgan fingerprint density at radius 2 is 1.44 bits per heavy atom. The summed E-state index contributed by atoms with van der Waals surface area (Å²) in [5.74, 6) is 1.10. The van der Waals surface area contributed by atoms with E-state index in [1.807, 2.05) is 26.7 Å². The van der Waals surface area contributed by atoms with Crippen molar-refractivity contribution >= 4 is 0 Å². The van der Waals surface area contributed by atoms with Gasteiger partial charge in [-0.15, -0.1) is 0 Å². The minimum Gasteiger partial charge on any atom is 0 e. The van der Waals surface area contributed by atoms with E-state index in [0.717, 1.165) is 5.92 Å². The summed E-state index contributed by atoms with van der Waals surface area (Å²) < 4.78 is 22.5. The van der Waals surface area contributed by atoms with Crippen molar-refractivity contribution < 1.29 is 36.1 Å². The maximum Gasteiger partial charge on any atom is 0 e. The predicted octanol–water partition coefficient (Wildman–Crippen LogP) is 1.48. The molecule has 1 atom stereocenters. The van der Waals surface area contributed by atoms with E-state index in [9.17, 15) is 0 Å². The van der Waals surface area contributed by atoms with E-state index in [1.165, 1.54) is 0 Å². The summed E-state index contributed by atoms with van der Waals surface area (Å²) in [6.45, 7) is 19.2. The first kappa shape index (κ1) is 29.6. The predicted molar refractivity (Wildman–Crippen MR) is 51.0 cm³/mol. The number of aliphatic hydroxyl groups is 1. The van der Waals surface area contributed by atoms with E-state index in [4.69, 9.17) is 19.1 Å². The zero-order chi connectivity index (χ0) is 13.3. The van der Waals surface area contributed by atoms with E-state index in [-0.39, 0.29) is 23.2 Å². The number of aliphatic hydroxyl groups excluding tert-OH is 1. The maximum absolute atomic E-state index is 8.84. The zero-order valence-corrected chi connectivity index (χ0v) is 10.4. The Morgan fingerprint density at radius 1 is 1.12 bits per heavy atom. The average molecular weight is 266 g/mol. The van der Waals surface area contributed by atoms with Crippen LogP contribution in [0.15, 0.2) is 0 Å². The summed E-state index contributed by atoms with van der Waals surface area (Å²) >= 11 is 0. The maximum atomic E-state index is 8.84. The second kappa shape index (κ2) is 36.5. The molecule has 0 saturated carbocycles. The monoisotopic (exact) mass is 266 g/mol. The van der Waals surface area contributed by atoms with E-state index in [2.05, 4.69) is 20.0 Å². The molecule has 0 aromatic rings. The number of hydrogen-bond acceptors (Lipinski definition) is 1. The van der Waals surface area contributed by atoms with Crippen LogP contribution in [0.2, 0.25) is 0 Å². The van der Waals surface area contributed by atoms with Crippen LogP contribution in [0.4, 0.5) is 0 Å². The quantitative estimate of drug-likeness (QED) is 0.466. The topological polar surface area (TPSA) is 79.9 Å². The SMILES string of the molecule is C[CH][CH][C](C)[CH][C@@H](C)O.[C-]#[O+].[C-]#[O+].[C-]#[O+].[Fe]. The molecule has 0 heterocycles. The fourth-order valence-corrected chi connectivity index (χ4v) is 0.699. The third-order valence-corrected chi connectivity index (χ3v) is 0.934. The molecule has 0 aromatic heterocycles. The molecule has 0 saturated heterocycles. The Kier molecular flexibility index (Phi) is 67.5. The van der Waals surface area contributed by atoms with Crippen LogP contribution in [0.1, 0.15) is 20.8 Å². The Labute approximate surface area is 108 Å². The zero-order valence-electron chi connectivity index (χ0n) is 9.33. The van der Waals surface area contributed by atoms with Crippen molar-refractivity contribution in [2.45, 2.75) is 26.9 Å².